The number of nitriles is 1. The number of nitrogens with two attached hydrogens (primary N) is 1. The summed E-state index contributed by atoms with van der Waals surface area (Å²) in [6.45, 7) is 2.62. The van der Waals surface area contributed by atoms with Gasteiger partial charge < -0.3 is 10.6 Å². The average Bonchev–Trinajstić information content (AvgIpc) is 2.26. The van der Waals surface area contributed by atoms with Crippen LogP contribution in [-0.2, 0) is 0 Å². The van der Waals surface area contributed by atoms with Gasteiger partial charge in [-0.05, 0) is 18.6 Å². The number of aromatic nitrogens is 1. The van der Waals surface area contributed by atoms with Gasteiger partial charge in [0.1, 0.15) is 5.82 Å². The first kappa shape index (κ1) is 11.5. The molecular formula is C11H16N4. The molecule has 15 heavy (non-hydrogen) atoms. The Bertz CT molecular complexity index is 337. The molecule has 1 aromatic heterocycles. The van der Waals surface area contributed by atoms with E-state index in [1.807, 2.05) is 31.0 Å². The summed E-state index contributed by atoms with van der Waals surface area (Å²) in [6.07, 6.45) is 2.29. The third-order valence-corrected chi connectivity index (χ3v) is 2.25. The van der Waals surface area contributed by atoms with Gasteiger partial charge in [-0.3, -0.25) is 0 Å². The summed E-state index contributed by atoms with van der Waals surface area (Å²) in [7, 11) is 1.92. The van der Waals surface area contributed by atoms with Crippen LogP contribution >= 0.6 is 0 Å². The Morgan fingerprint density at radius 1 is 1.60 bits per heavy atom. The fourth-order valence-corrected chi connectivity index (χ4v) is 1.22. The standard InChI is InChI=1S/C11H16N4/c1-9(13)10-4-5-11(14-8-10)15(2)7-3-6-12/h4-5,8-9H,3,7,13H2,1-2H3. The zero-order chi connectivity index (χ0) is 11.3. The first-order valence-electron chi connectivity index (χ1n) is 4.94. The molecule has 80 valence electrons. The van der Waals surface area contributed by atoms with E-state index in [2.05, 4.69) is 11.1 Å². The highest BCUT2D eigenvalue weighted by atomic mass is 15.2. The molecule has 2 N–H and O–H groups in total. The second-order valence-corrected chi connectivity index (χ2v) is 3.57. The normalized spacial score (nSPS) is 11.9. The van der Waals surface area contributed by atoms with Crippen molar-refractivity contribution >= 4 is 5.82 Å². The minimum atomic E-state index is 0.0102. The van der Waals surface area contributed by atoms with Crippen LogP contribution in [0.15, 0.2) is 18.3 Å². The van der Waals surface area contributed by atoms with Gasteiger partial charge in [0.2, 0.25) is 0 Å². The monoisotopic (exact) mass is 204 g/mol. The minimum absolute atomic E-state index is 0.0102. The summed E-state index contributed by atoms with van der Waals surface area (Å²) in [5.74, 6) is 0.870. The molecule has 4 nitrogen and oxygen atoms in total. The van der Waals surface area contributed by atoms with E-state index < -0.39 is 0 Å². The van der Waals surface area contributed by atoms with Crippen molar-refractivity contribution in [2.45, 2.75) is 19.4 Å². The summed E-state index contributed by atoms with van der Waals surface area (Å²) in [5.41, 5.74) is 6.74. The molecule has 0 aliphatic heterocycles. The fraction of sp³-hybridized carbons (Fsp3) is 0.455. The maximum Gasteiger partial charge on any atom is 0.128 e. The molecule has 1 atom stereocenters. The molecule has 0 radical (unpaired) electrons. The maximum atomic E-state index is 8.47. The molecule has 0 fully saturated rings. The molecule has 1 rings (SSSR count). The molecule has 1 heterocycles. The van der Waals surface area contributed by atoms with E-state index in [9.17, 15) is 0 Å². The maximum absolute atomic E-state index is 8.47. The lowest BCUT2D eigenvalue weighted by molar-refractivity contribution is 0.807. The van der Waals surface area contributed by atoms with Gasteiger partial charge >= 0.3 is 0 Å². The average molecular weight is 204 g/mol. The number of hydrogen-bond donors (Lipinski definition) is 1. The summed E-state index contributed by atoms with van der Waals surface area (Å²) in [4.78, 5) is 6.24. The zero-order valence-electron chi connectivity index (χ0n) is 9.14. The van der Waals surface area contributed by atoms with Crippen LogP contribution in [0.4, 0.5) is 5.82 Å². The van der Waals surface area contributed by atoms with E-state index in [1.54, 1.807) is 6.20 Å². The second kappa shape index (κ2) is 5.32. The number of anilines is 1. The zero-order valence-corrected chi connectivity index (χ0v) is 9.14. The predicted molar refractivity (Wildman–Crippen MR) is 60.3 cm³/mol. The van der Waals surface area contributed by atoms with Crippen molar-refractivity contribution in [3.63, 3.8) is 0 Å². The molecule has 0 spiro atoms. The number of hydrogen-bond acceptors (Lipinski definition) is 4. The number of rotatable bonds is 4. The van der Waals surface area contributed by atoms with Crippen molar-refractivity contribution in [3.8, 4) is 6.07 Å². The Morgan fingerprint density at radius 2 is 2.33 bits per heavy atom. The van der Waals surface area contributed by atoms with Crippen LogP contribution in [0.5, 0.6) is 0 Å². The highest BCUT2D eigenvalue weighted by molar-refractivity contribution is 5.38. The molecule has 0 aliphatic rings. The van der Waals surface area contributed by atoms with Crippen molar-refractivity contribution in [2.75, 3.05) is 18.5 Å². The largest absolute Gasteiger partial charge is 0.359 e. The van der Waals surface area contributed by atoms with Gasteiger partial charge in [-0.1, -0.05) is 6.07 Å². The Morgan fingerprint density at radius 3 is 2.80 bits per heavy atom. The first-order chi connectivity index (χ1) is 7.15. The summed E-state index contributed by atoms with van der Waals surface area (Å²) < 4.78 is 0. The Kier molecular flexibility index (Phi) is 4.07. The van der Waals surface area contributed by atoms with Gasteiger partial charge in [0.05, 0.1) is 12.5 Å². The number of pyridine rings is 1. The van der Waals surface area contributed by atoms with Crippen molar-refractivity contribution in [2.24, 2.45) is 5.73 Å². The summed E-state index contributed by atoms with van der Waals surface area (Å²) in [5, 5.41) is 8.47. The molecule has 0 aromatic carbocycles. The molecule has 0 saturated heterocycles. The van der Waals surface area contributed by atoms with Gasteiger partial charge in [-0.25, -0.2) is 4.98 Å². The van der Waals surface area contributed by atoms with Crippen molar-refractivity contribution in [1.82, 2.24) is 4.98 Å². The van der Waals surface area contributed by atoms with E-state index in [-0.39, 0.29) is 6.04 Å². The third-order valence-electron chi connectivity index (χ3n) is 2.25. The minimum Gasteiger partial charge on any atom is -0.359 e. The molecule has 4 heteroatoms. The van der Waals surface area contributed by atoms with Crippen molar-refractivity contribution in [3.05, 3.63) is 23.9 Å². The summed E-state index contributed by atoms with van der Waals surface area (Å²) >= 11 is 0. The quantitative estimate of drug-likeness (QED) is 0.806. The SMILES string of the molecule is CC(N)c1ccc(N(C)CCC#N)nc1. The predicted octanol–water partition coefficient (Wildman–Crippen LogP) is 1.45. The smallest absolute Gasteiger partial charge is 0.128 e. The highest BCUT2D eigenvalue weighted by Crippen LogP contribution is 2.13. The van der Waals surface area contributed by atoms with E-state index in [4.69, 9.17) is 11.0 Å². The molecule has 0 aliphatic carbocycles. The fourth-order valence-electron chi connectivity index (χ4n) is 1.22. The van der Waals surface area contributed by atoms with E-state index in [1.165, 1.54) is 0 Å². The lowest BCUT2D eigenvalue weighted by Crippen LogP contribution is -2.19. The van der Waals surface area contributed by atoms with Crippen LogP contribution < -0.4 is 10.6 Å². The first-order valence-corrected chi connectivity index (χ1v) is 4.94. The molecule has 0 bridgehead atoms. The lowest BCUT2D eigenvalue weighted by atomic mass is 10.1. The van der Waals surface area contributed by atoms with E-state index >= 15 is 0 Å². The van der Waals surface area contributed by atoms with E-state index in [0.717, 1.165) is 11.4 Å². The summed E-state index contributed by atoms with van der Waals surface area (Å²) in [6, 6.07) is 6.01. The Balaban J connectivity index is 2.67. The molecule has 0 amide bonds. The van der Waals surface area contributed by atoms with Crippen LogP contribution in [0.2, 0.25) is 0 Å². The molecule has 0 saturated carbocycles. The van der Waals surface area contributed by atoms with Gasteiger partial charge in [0.25, 0.3) is 0 Å². The third kappa shape index (κ3) is 3.22. The second-order valence-electron chi connectivity index (χ2n) is 3.57. The Labute approximate surface area is 90.3 Å². The molecule has 1 aromatic rings. The lowest BCUT2D eigenvalue weighted by Gasteiger charge is -2.16. The molecule has 1 unspecified atom stereocenters. The molecular weight excluding hydrogens is 188 g/mol. The van der Waals surface area contributed by atoms with Gasteiger partial charge in [0, 0.05) is 25.8 Å². The van der Waals surface area contributed by atoms with Crippen LogP contribution in [0.25, 0.3) is 0 Å². The topological polar surface area (TPSA) is 65.9 Å². The van der Waals surface area contributed by atoms with Crippen LogP contribution in [0.3, 0.4) is 0 Å². The van der Waals surface area contributed by atoms with Crippen molar-refractivity contribution in [1.29, 1.82) is 5.26 Å². The Hall–Kier alpha value is -1.60. The van der Waals surface area contributed by atoms with Crippen LogP contribution in [-0.4, -0.2) is 18.6 Å². The van der Waals surface area contributed by atoms with Crippen LogP contribution in [0, 0.1) is 11.3 Å². The highest BCUT2D eigenvalue weighted by Gasteiger charge is 2.03. The van der Waals surface area contributed by atoms with Gasteiger partial charge in [0.15, 0.2) is 0 Å². The van der Waals surface area contributed by atoms with Crippen LogP contribution in [0.1, 0.15) is 24.9 Å². The van der Waals surface area contributed by atoms with Gasteiger partial charge in [-0.2, -0.15) is 5.26 Å². The van der Waals surface area contributed by atoms with E-state index in [0.29, 0.717) is 13.0 Å². The van der Waals surface area contributed by atoms with Gasteiger partial charge in [-0.15, -0.1) is 0 Å². The number of nitrogens with zero attached hydrogens (tertiary/aromatic N) is 3. The van der Waals surface area contributed by atoms with Crippen molar-refractivity contribution < 1.29 is 0 Å².